The monoisotopic (exact) mass is 480 g/mol. The number of piperidine rings is 1. The second kappa shape index (κ2) is 11.0. The Labute approximate surface area is 205 Å². The summed E-state index contributed by atoms with van der Waals surface area (Å²) in [7, 11) is 3.41. The van der Waals surface area contributed by atoms with Crippen molar-refractivity contribution in [3.05, 3.63) is 83.1 Å². The lowest BCUT2D eigenvalue weighted by atomic mass is 9.84. The van der Waals surface area contributed by atoms with Crippen LogP contribution in [0.2, 0.25) is 0 Å². The molecule has 4 rings (SSSR count). The zero-order valence-electron chi connectivity index (χ0n) is 20.5. The Bertz CT molecular complexity index is 1150. The molecular formula is C28H33FN2O4. The van der Waals surface area contributed by atoms with Crippen LogP contribution in [0, 0.1) is 18.7 Å². The number of hydrogen-bond donors (Lipinski definition) is 1. The third kappa shape index (κ3) is 5.51. The molecule has 0 saturated carbocycles. The highest BCUT2D eigenvalue weighted by Gasteiger charge is 2.33. The summed E-state index contributed by atoms with van der Waals surface area (Å²) in [6.45, 7) is 3.98. The highest BCUT2D eigenvalue weighted by molar-refractivity contribution is 5.95. The van der Waals surface area contributed by atoms with E-state index in [0.29, 0.717) is 35.6 Å². The lowest BCUT2D eigenvalue weighted by Gasteiger charge is -2.40. The molecule has 1 aliphatic heterocycles. The van der Waals surface area contributed by atoms with E-state index in [1.807, 2.05) is 12.1 Å². The quantitative estimate of drug-likeness (QED) is 0.490. The maximum Gasteiger partial charge on any atom is 0.257 e. The van der Waals surface area contributed by atoms with Crippen molar-refractivity contribution in [2.45, 2.75) is 38.8 Å². The van der Waals surface area contributed by atoms with Crippen molar-refractivity contribution >= 4 is 5.91 Å². The summed E-state index contributed by atoms with van der Waals surface area (Å²) in [5, 5.41) is 10.3. The summed E-state index contributed by atoms with van der Waals surface area (Å²) in [6.07, 6.45) is 3.69. The van der Waals surface area contributed by atoms with Gasteiger partial charge >= 0.3 is 0 Å². The van der Waals surface area contributed by atoms with Crippen molar-refractivity contribution < 1.29 is 23.4 Å². The van der Waals surface area contributed by atoms with E-state index in [1.54, 1.807) is 56.3 Å². The first kappa shape index (κ1) is 24.8. The van der Waals surface area contributed by atoms with Gasteiger partial charge in [-0.3, -0.25) is 9.69 Å². The zero-order valence-corrected chi connectivity index (χ0v) is 20.5. The minimum absolute atomic E-state index is 0.112. The second-order valence-electron chi connectivity index (χ2n) is 9.24. The third-order valence-electron chi connectivity index (χ3n) is 7.18. The molecule has 1 fully saturated rings. The number of phenols is 1. The lowest BCUT2D eigenvalue weighted by molar-refractivity contribution is 0.0580. The number of likely N-dealkylation sites (N-methyl/N-ethyl adjacent to an activating group) is 1. The first-order chi connectivity index (χ1) is 16.9. The molecule has 6 nitrogen and oxygen atoms in total. The molecule has 2 heterocycles. The highest BCUT2D eigenvalue weighted by Crippen LogP contribution is 2.32. The van der Waals surface area contributed by atoms with Crippen molar-refractivity contribution in [1.82, 2.24) is 9.80 Å². The molecule has 1 saturated heterocycles. The van der Waals surface area contributed by atoms with Gasteiger partial charge in [-0.2, -0.15) is 0 Å². The van der Waals surface area contributed by atoms with E-state index in [4.69, 9.17) is 9.15 Å². The van der Waals surface area contributed by atoms with Crippen LogP contribution in [0.25, 0.3) is 0 Å². The van der Waals surface area contributed by atoms with Gasteiger partial charge in [-0.15, -0.1) is 0 Å². The van der Waals surface area contributed by atoms with Crippen molar-refractivity contribution in [3.63, 3.8) is 0 Å². The number of methoxy groups -OCH3 is 1. The van der Waals surface area contributed by atoms with Crippen LogP contribution in [0.4, 0.5) is 4.39 Å². The number of ether oxygens (including phenoxy) is 1. The summed E-state index contributed by atoms with van der Waals surface area (Å²) >= 11 is 0. The number of benzene rings is 2. The Kier molecular flexibility index (Phi) is 7.76. The second-order valence-corrected chi connectivity index (χ2v) is 9.24. The number of likely N-dealkylation sites (tertiary alicyclic amines) is 1. The molecule has 0 bridgehead atoms. The van der Waals surface area contributed by atoms with Crippen LogP contribution in [-0.2, 0) is 13.0 Å². The van der Waals surface area contributed by atoms with Gasteiger partial charge in [0.1, 0.15) is 23.1 Å². The fraction of sp³-hybridized carbons (Fsp3) is 0.393. The average Bonchev–Trinajstić information content (AvgIpc) is 3.30. The molecule has 1 aromatic heterocycles. The number of aromatic hydroxyl groups is 1. The normalized spacial score (nSPS) is 15.7. The number of aryl methyl sites for hydroxylation is 1. The molecule has 1 amide bonds. The molecule has 0 aliphatic carbocycles. The summed E-state index contributed by atoms with van der Waals surface area (Å²) in [5.74, 6) is 1.33. The number of rotatable bonds is 8. The number of nitrogens with zero attached hydrogens (tertiary/aromatic N) is 2. The van der Waals surface area contributed by atoms with Crippen LogP contribution in [0.15, 0.2) is 59.2 Å². The third-order valence-corrected chi connectivity index (χ3v) is 7.18. The SMILES string of the molecule is COc1cccc(O)c1CN1CCC(C(Cc2ccccc2F)N(C)C(=O)c2ccoc2C)CC1. The van der Waals surface area contributed by atoms with E-state index in [-0.39, 0.29) is 29.4 Å². The van der Waals surface area contributed by atoms with E-state index in [2.05, 4.69) is 4.90 Å². The van der Waals surface area contributed by atoms with E-state index < -0.39 is 0 Å². The van der Waals surface area contributed by atoms with E-state index in [0.717, 1.165) is 31.5 Å². The Balaban J connectivity index is 1.51. The molecule has 1 N–H and O–H groups in total. The Morgan fingerprint density at radius 1 is 1.20 bits per heavy atom. The first-order valence-electron chi connectivity index (χ1n) is 12.0. The molecule has 0 spiro atoms. The zero-order chi connectivity index (χ0) is 24.9. The molecule has 1 aliphatic rings. The van der Waals surface area contributed by atoms with Crippen LogP contribution in [-0.4, -0.2) is 54.1 Å². The van der Waals surface area contributed by atoms with Gasteiger partial charge in [-0.1, -0.05) is 24.3 Å². The molecule has 35 heavy (non-hydrogen) atoms. The average molecular weight is 481 g/mol. The standard InChI is InChI=1S/C28H33FN2O4/c1-19-22(13-16-35-19)28(33)30(2)25(17-21-7-4-5-8-24(21)29)20-11-14-31(15-12-20)18-23-26(32)9-6-10-27(23)34-3/h4-10,13,16,20,25,32H,11-12,14-15,17-18H2,1-3H3. The number of phenolic OH excluding ortho intramolecular Hbond substituents is 1. The smallest absolute Gasteiger partial charge is 0.257 e. The van der Waals surface area contributed by atoms with Gasteiger partial charge in [0.05, 0.1) is 18.9 Å². The number of halogens is 1. The van der Waals surface area contributed by atoms with Gasteiger partial charge in [-0.05, 0) is 75.0 Å². The molecular weight excluding hydrogens is 447 g/mol. The van der Waals surface area contributed by atoms with E-state index in [9.17, 15) is 14.3 Å². The van der Waals surface area contributed by atoms with Gasteiger partial charge < -0.3 is 19.2 Å². The van der Waals surface area contributed by atoms with Crippen molar-refractivity contribution in [3.8, 4) is 11.5 Å². The summed E-state index contributed by atoms with van der Waals surface area (Å²) in [4.78, 5) is 17.4. The van der Waals surface area contributed by atoms with Crippen molar-refractivity contribution in [2.75, 3.05) is 27.2 Å². The predicted octanol–water partition coefficient (Wildman–Crippen LogP) is 5.04. The maximum absolute atomic E-state index is 14.6. The first-order valence-corrected chi connectivity index (χ1v) is 12.0. The lowest BCUT2D eigenvalue weighted by Crippen LogP contribution is -2.47. The van der Waals surface area contributed by atoms with Gasteiger partial charge in [0.2, 0.25) is 0 Å². The fourth-order valence-corrected chi connectivity index (χ4v) is 5.08. The molecule has 3 aromatic rings. The largest absolute Gasteiger partial charge is 0.507 e. The van der Waals surface area contributed by atoms with Crippen LogP contribution in [0.3, 0.4) is 0 Å². The van der Waals surface area contributed by atoms with Gasteiger partial charge in [0.25, 0.3) is 5.91 Å². The molecule has 0 radical (unpaired) electrons. The van der Waals surface area contributed by atoms with Crippen molar-refractivity contribution in [1.29, 1.82) is 0 Å². The van der Waals surface area contributed by atoms with Crippen LogP contribution < -0.4 is 4.74 Å². The minimum Gasteiger partial charge on any atom is -0.507 e. The van der Waals surface area contributed by atoms with Crippen LogP contribution >= 0.6 is 0 Å². The summed E-state index contributed by atoms with van der Waals surface area (Å²) < 4.78 is 25.4. The van der Waals surface area contributed by atoms with Gasteiger partial charge in [0.15, 0.2) is 0 Å². The van der Waals surface area contributed by atoms with Crippen LogP contribution in [0.5, 0.6) is 11.5 Å². The minimum atomic E-state index is -0.248. The van der Waals surface area contributed by atoms with Crippen molar-refractivity contribution in [2.24, 2.45) is 5.92 Å². The van der Waals surface area contributed by atoms with Gasteiger partial charge in [0, 0.05) is 25.2 Å². The van der Waals surface area contributed by atoms with Gasteiger partial charge in [-0.25, -0.2) is 4.39 Å². The maximum atomic E-state index is 14.6. The fourth-order valence-electron chi connectivity index (χ4n) is 5.08. The number of carbonyl (C=O) groups excluding carboxylic acids is 1. The molecule has 2 aromatic carbocycles. The molecule has 7 heteroatoms. The number of amides is 1. The predicted molar refractivity (Wildman–Crippen MR) is 132 cm³/mol. The summed E-state index contributed by atoms with van der Waals surface area (Å²) in [6, 6.07) is 13.6. The Morgan fingerprint density at radius 3 is 2.60 bits per heavy atom. The topological polar surface area (TPSA) is 66.2 Å². The Hall–Kier alpha value is -3.32. The summed E-state index contributed by atoms with van der Waals surface area (Å²) in [5.41, 5.74) is 1.93. The van der Waals surface area contributed by atoms with E-state index in [1.165, 1.54) is 12.3 Å². The highest BCUT2D eigenvalue weighted by atomic mass is 19.1. The number of hydrogen-bond acceptors (Lipinski definition) is 5. The molecule has 1 atom stereocenters. The molecule has 1 unspecified atom stereocenters. The molecule has 186 valence electrons. The Morgan fingerprint density at radius 2 is 1.94 bits per heavy atom. The number of furan rings is 1. The van der Waals surface area contributed by atoms with E-state index >= 15 is 0 Å². The number of carbonyl (C=O) groups is 1. The van der Waals surface area contributed by atoms with Crippen LogP contribution in [0.1, 0.15) is 40.1 Å².